The largest absolute Gasteiger partial charge is 0.270 e. The fourth-order valence-corrected chi connectivity index (χ4v) is 2.81. The fourth-order valence-electron chi connectivity index (χ4n) is 2.81. The molecule has 0 unspecified atom stereocenters. The molecule has 1 aromatic heterocycles. The van der Waals surface area contributed by atoms with E-state index in [2.05, 4.69) is 29.5 Å². The lowest BCUT2D eigenvalue weighted by Gasteiger charge is -2.11. The highest BCUT2D eigenvalue weighted by atomic mass is 16.2. The summed E-state index contributed by atoms with van der Waals surface area (Å²) >= 11 is 0. The molecule has 0 aliphatic carbocycles. The Kier molecular flexibility index (Phi) is 5.32. The first-order chi connectivity index (χ1) is 12.6. The Morgan fingerprint density at radius 2 is 1.77 bits per heavy atom. The van der Waals surface area contributed by atoms with Crippen LogP contribution >= 0.6 is 0 Å². The quantitative estimate of drug-likeness (QED) is 0.663. The Hall–Kier alpha value is -3.14. The van der Waals surface area contributed by atoms with E-state index in [1.54, 1.807) is 16.8 Å². The van der Waals surface area contributed by atoms with Gasteiger partial charge in [-0.15, -0.1) is 0 Å². The summed E-state index contributed by atoms with van der Waals surface area (Å²) in [4.78, 5) is 17.0. The monoisotopic (exact) mass is 345 g/mol. The fraction of sp³-hybridized carbons (Fsp3) is 0.182. The number of aromatic nitrogens is 1. The van der Waals surface area contributed by atoms with Gasteiger partial charge in [-0.2, -0.15) is 0 Å². The second-order valence-corrected chi connectivity index (χ2v) is 6.25. The maximum absolute atomic E-state index is 12.4. The van der Waals surface area contributed by atoms with Crippen molar-refractivity contribution in [3.63, 3.8) is 0 Å². The van der Waals surface area contributed by atoms with Gasteiger partial charge in [0.2, 0.25) is 0 Å². The van der Waals surface area contributed by atoms with Gasteiger partial charge in [0, 0.05) is 28.7 Å². The molecule has 1 amide bonds. The Morgan fingerprint density at radius 1 is 1.08 bits per heavy atom. The van der Waals surface area contributed by atoms with E-state index in [0.717, 1.165) is 29.1 Å². The van der Waals surface area contributed by atoms with E-state index in [1.165, 1.54) is 5.56 Å². The number of hydrogen-bond donors (Lipinski definition) is 1. The highest BCUT2D eigenvalue weighted by Crippen LogP contribution is 2.16. The zero-order valence-electron chi connectivity index (χ0n) is 15.4. The minimum atomic E-state index is -0.133. The van der Waals surface area contributed by atoms with E-state index in [0.29, 0.717) is 5.56 Å². The first kappa shape index (κ1) is 17.7. The number of carbonyl (C=O) groups excluding carboxylic acids is 1. The van der Waals surface area contributed by atoms with E-state index < -0.39 is 0 Å². The van der Waals surface area contributed by atoms with Crippen LogP contribution in [0.15, 0.2) is 65.7 Å². The molecule has 0 saturated heterocycles. The van der Waals surface area contributed by atoms with Crippen LogP contribution < -0.4 is 5.43 Å². The second kappa shape index (κ2) is 7.83. The molecule has 0 bridgehead atoms. The van der Waals surface area contributed by atoms with E-state index in [-0.39, 0.29) is 5.91 Å². The Labute approximate surface area is 154 Å². The minimum Gasteiger partial charge on any atom is -0.267 e. The van der Waals surface area contributed by atoms with Gasteiger partial charge >= 0.3 is 0 Å². The normalized spacial score (nSPS) is 11.0. The molecule has 1 heterocycles. The molecule has 4 nitrogen and oxygen atoms in total. The van der Waals surface area contributed by atoms with Gasteiger partial charge in [-0.3, -0.25) is 19.9 Å². The van der Waals surface area contributed by atoms with Gasteiger partial charge in [0.1, 0.15) is 0 Å². The Balaban J connectivity index is 1.79. The molecule has 0 fully saturated rings. The minimum absolute atomic E-state index is 0.133. The third-order valence-electron chi connectivity index (χ3n) is 4.42. The van der Waals surface area contributed by atoms with Crippen LogP contribution in [0.5, 0.6) is 0 Å². The van der Waals surface area contributed by atoms with Crippen molar-refractivity contribution in [2.24, 2.45) is 4.99 Å². The molecular weight excluding hydrogens is 322 g/mol. The molecule has 0 spiro atoms. The molecule has 2 aromatic carbocycles. The Bertz CT molecular complexity index is 922. The SMILES string of the molecule is CCc1ccc(N=Cc2cc(C)n(NC(=O)c3ccccc3)c2C)cc1. The van der Waals surface area contributed by atoms with Crippen LogP contribution in [0.1, 0.15) is 39.8 Å². The molecule has 26 heavy (non-hydrogen) atoms. The zero-order valence-corrected chi connectivity index (χ0v) is 15.4. The van der Waals surface area contributed by atoms with Crippen LogP contribution in [0.3, 0.4) is 0 Å². The van der Waals surface area contributed by atoms with Crippen molar-refractivity contribution in [1.29, 1.82) is 0 Å². The van der Waals surface area contributed by atoms with Gasteiger partial charge in [0.05, 0.1) is 5.69 Å². The molecule has 0 radical (unpaired) electrons. The number of benzene rings is 2. The summed E-state index contributed by atoms with van der Waals surface area (Å²) in [6, 6.07) is 19.4. The summed E-state index contributed by atoms with van der Waals surface area (Å²) in [5, 5.41) is 0. The lowest BCUT2D eigenvalue weighted by atomic mass is 10.1. The number of aryl methyl sites for hydroxylation is 2. The number of aliphatic imine (C=N–C) groups is 1. The van der Waals surface area contributed by atoms with Gasteiger partial charge in [-0.05, 0) is 56.2 Å². The lowest BCUT2D eigenvalue weighted by Crippen LogP contribution is -2.24. The van der Waals surface area contributed by atoms with Crippen LogP contribution in [-0.2, 0) is 6.42 Å². The van der Waals surface area contributed by atoms with E-state index >= 15 is 0 Å². The zero-order chi connectivity index (χ0) is 18.5. The molecule has 0 aliphatic rings. The smallest absolute Gasteiger partial charge is 0.267 e. The van der Waals surface area contributed by atoms with Crippen molar-refractivity contribution in [1.82, 2.24) is 4.68 Å². The number of carbonyl (C=O) groups is 1. The van der Waals surface area contributed by atoms with Crippen molar-refractivity contribution >= 4 is 17.8 Å². The maximum atomic E-state index is 12.4. The second-order valence-electron chi connectivity index (χ2n) is 6.25. The number of nitrogens with zero attached hydrogens (tertiary/aromatic N) is 2. The van der Waals surface area contributed by atoms with Crippen molar-refractivity contribution in [2.45, 2.75) is 27.2 Å². The predicted octanol–water partition coefficient (Wildman–Crippen LogP) is 4.80. The molecule has 132 valence electrons. The number of amides is 1. The Morgan fingerprint density at radius 3 is 2.42 bits per heavy atom. The van der Waals surface area contributed by atoms with E-state index in [1.807, 2.05) is 56.5 Å². The summed E-state index contributed by atoms with van der Waals surface area (Å²) < 4.78 is 1.80. The van der Waals surface area contributed by atoms with Gasteiger partial charge in [0.25, 0.3) is 5.91 Å². The topological polar surface area (TPSA) is 46.4 Å². The molecule has 0 aliphatic heterocycles. The van der Waals surface area contributed by atoms with E-state index in [9.17, 15) is 4.79 Å². The summed E-state index contributed by atoms with van der Waals surface area (Å²) in [6.07, 6.45) is 2.86. The van der Waals surface area contributed by atoms with Gasteiger partial charge in [-0.25, -0.2) is 0 Å². The molecule has 0 saturated carbocycles. The van der Waals surface area contributed by atoms with Crippen molar-refractivity contribution in [2.75, 3.05) is 5.43 Å². The highest BCUT2D eigenvalue weighted by Gasteiger charge is 2.11. The molecule has 4 heteroatoms. The van der Waals surface area contributed by atoms with Crippen LogP contribution in [0.2, 0.25) is 0 Å². The predicted molar refractivity (Wildman–Crippen MR) is 107 cm³/mol. The lowest BCUT2D eigenvalue weighted by molar-refractivity contribution is 0.101. The summed E-state index contributed by atoms with van der Waals surface area (Å²) in [7, 11) is 0. The average molecular weight is 345 g/mol. The summed E-state index contributed by atoms with van der Waals surface area (Å²) in [6.45, 7) is 6.07. The molecular formula is C22H23N3O. The first-order valence-electron chi connectivity index (χ1n) is 8.77. The maximum Gasteiger partial charge on any atom is 0.270 e. The van der Waals surface area contributed by atoms with Gasteiger partial charge in [-0.1, -0.05) is 37.3 Å². The van der Waals surface area contributed by atoms with Crippen LogP contribution in [0.4, 0.5) is 5.69 Å². The standard InChI is InChI=1S/C22H23N3O/c1-4-18-10-12-21(13-11-18)23-15-20-14-16(2)25(17(20)3)24-22(26)19-8-6-5-7-9-19/h5-15H,4H2,1-3H3,(H,24,26). The molecule has 0 atom stereocenters. The van der Waals surface area contributed by atoms with Crippen LogP contribution in [0, 0.1) is 13.8 Å². The third-order valence-corrected chi connectivity index (χ3v) is 4.42. The van der Waals surface area contributed by atoms with Crippen molar-refractivity contribution in [3.05, 3.63) is 88.7 Å². The summed E-state index contributed by atoms with van der Waals surface area (Å²) in [5.74, 6) is -0.133. The van der Waals surface area contributed by atoms with Gasteiger partial charge in [0.15, 0.2) is 0 Å². The molecule has 3 rings (SSSR count). The average Bonchev–Trinajstić information content (AvgIpc) is 2.95. The summed E-state index contributed by atoms with van der Waals surface area (Å²) in [5.41, 5.74) is 8.67. The number of nitrogens with one attached hydrogen (secondary N) is 1. The number of hydrogen-bond acceptors (Lipinski definition) is 2. The first-order valence-corrected chi connectivity index (χ1v) is 8.77. The number of rotatable bonds is 5. The molecule has 3 aromatic rings. The highest BCUT2D eigenvalue weighted by molar-refractivity contribution is 6.00. The molecule has 1 N–H and O–H groups in total. The third kappa shape index (κ3) is 3.91. The van der Waals surface area contributed by atoms with E-state index in [4.69, 9.17) is 0 Å². The van der Waals surface area contributed by atoms with Crippen LogP contribution in [-0.4, -0.2) is 16.8 Å². The van der Waals surface area contributed by atoms with Crippen molar-refractivity contribution < 1.29 is 4.79 Å². The van der Waals surface area contributed by atoms with Crippen molar-refractivity contribution in [3.8, 4) is 0 Å². The van der Waals surface area contributed by atoms with Gasteiger partial charge < -0.3 is 0 Å². The van der Waals surface area contributed by atoms with Crippen LogP contribution in [0.25, 0.3) is 0 Å².